The molecular weight excluding hydrogens is 300 g/mol. The monoisotopic (exact) mass is 318 g/mol. The second-order valence-corrected chi connectivity index (χ2v) is 5.43. The fourth-order valence-electron chi connectivity index (χ4n) is 2.03. The number of amides is 2. The molecule has 2 rings (SSSR count). The number of nitrogens with one attached hydrogen (secondary N) is 1. The van der Waals surface area contributed by atoms with Crippen LogP contribution in [0.2, 0.25) is 5.02 Å². The first-order chi connectivity index (χ1) is 10.6. The van der Waals surface area contributed by atoms with Crippen LogP contribution in [0.15, 0.2) is 48.5 Å². The molecule has 0 saturated carbocycles. The molecule has 2 aromatic rings. The summed E-state index contributed by atoms with van der Waals surface area (Å²) < 4.78 is 5.18. The summed E-state index contributed by atoms with van der Waals surface area (Å²) in [5.74, 6) is 0.785. The van der Waals surface area contributed by atoms with Gasteiger partial charge in [-0.15, -0.1) is 0 Å². The third-order valence-electron chi connectivity index (χ3n) is 3.26. The van der Waals surface area contributed by atoms with Crippen LogP contribution in [0.1, 0.15) is 11.1 Å². The van der Waals surface area contributed by atoms with E-state index in [9.17, 15) is 4.79 Å². The van der Waals surface area contributed by atoms with Crippen molar-refractivity contribution < 1.29 is 9.53 Å². The highest BCUT2D eigenvalue weighted by Crippen LogP contribution is 2.14. The second-order valence-electron chi connectivity index (χ2n) is 4.99. The van der Waals surface area contributed by atoms with Gasteiger partial charge in [-0.3, -0.25) is 0 Å². The molecule has 0 spiro atoms. The van der Waals surface area contributed by atoms with Crippen molar-refractivity contribution in [3.63, 3.8) is 0 Å². The van der Waals surface area contributed by atoms with Gasteiger partial charge in [-0.25, -0.2) is 4.79 Å². The first-order valence-corrected chi connectivity index (χ1v) is 7.32. The van der Waals surface area contributed by atoms with E-state index >= 15 is 0 Å². The normalized spacial score (nSPS) is 10.1. The van der Waals surface area contributed by atoms with Gasteiger partial charge in [-0.05, 0) is 35.4 Å². The van der Waals surface area contributed by atoms with Gasteiger partial charge in [0.15, 0.2) is 0 Å². The van der Waals surface area contributed by atoms with Gasteiger partial charge in [0.05, 0.1) is 7.11 Å². The van der Waals surface area contributed by atoms with Gasteiger partial charge in [0.1, 0.15) is 5.75 Å². The Morgan fingerprint density at radius 1 is 1.18 bits per heavy atom. The number of carbonyl (C=O) groups excluding carboxylic acids is 1. The number of ether oxygens (including phenoxy) is 1. The van der Waals surface area contributed by atoms with Crippen LogP contribution in [0.4, 0.5) is 4.79 Å². The molecule has 4 nitrogen and oxygen atoms in total. The van der Waals surface area contributed by atoms with E-state index in [4.69, 9.17) is 16.3 Å². The first-order valence-electron chi connectivity index (χ1n) is 6.95. The van der Waals surface area contributed by atoms with Crippen LogP contribution in [0.5, 0.6) is 5.75 Å². The molecule has 0 saturated heterocycles. The minimum Gasteiger partial charge on any atom is -0.497 e. The number of hydrogen-bond acceptors (Lipinski definition) is 2. The standard InChI is InChI=1S/C17H19ClN2O2/c1-20(12-14-4-3-5-16(10-14)22-2)17(21)19-11-13-6-8-15(18)9-7-13/h3-10H,11-12H2,1-2H3,(H,19,21). The van der Waals surface area contributed by atoms with Gasteiger partial charge in [-0.2, -0.15) is 0 Å². The summed E-state index contributed by atoms with van der Waals surface area (Å²) >= 11 is 5.83. The van der Waals surface area contributed by atoms with Crippen molar-refractivity contribution in [3.05, 3.63) is 64.7 Å². The summed E-state index contributed by atoms with van der Waals surface area (Å²) in [4.78, 5) is 13.7. The van der Waals surface area contributed by atoms with E-state index < -0.39 is 0 Å². The molecule has 0 atom stereocenters. The lowest BCUT2D eigenvalue weighted by Gasteiger charge is -2.18. The Kier molecular flexibility index (Phi) is 5.67. The molecule has 116 valence electrons. The van der Waals surface area contributed by atoms with Crippen LogP contribution < -0.4 is 10.1 Å². The van der Waals surface area contributed by atoms with Crippen molar-refractivity contribution in [2.75, 3.05) is 14.2 Å². The molecule has 22 heavy (non-hydrogen) atoms. The van der Waals surface area contributed by atoms with Gasteiger partial charge in [0.2, 0.25) is 0 Å². The number of hydrogen-bond donors (Lipinski definition) is 1. The Morgan fingerprint density at radius 2 is 1.91 bits per heavy atom. The zero-order valence-corrected chi connectivity index (χ0v) is 13.4. The van der Waals surface area contributed by atoms with E-state index in [1.807, 2.05) is 48.5 Å². The highest BCUT2D eigenvalue weighted by atomic mass is 35.5. The Labute approximate surface area is 135 Å². The van der Waals surface area contributed by atoms with Crippen molar-refractivity contribution >= 4 is 17.6 Å². The SMILES string of the molecule is COc1cccc(CN(C)C(=O)NCc2ccc(Cl)cc2)c1. The molecule has 0 bridgehead atoms. The largest absolute Gasteiger partial charge is 0.497 e. The molecular formula is C17H19ClN2O2. The third-order valence-corrected chi connectivity index (χ3v) is 3.51. The molecule has 0 aliphatic carbocycles. The van der Waals surface area contributed by atoms with E-state index in [1.54, 1.807) is 19.1 Å². The van der Waals surface area contributed by atoms with Gasteiger partial charge >= 0.3 is 6.03 Å². The maximum absolute atomic E-state index is 12.1. The van der Waals surface area contributed by atoms with Crippen LogP contribution in [-0.2, 0) is 13.1 Å². The van der Waals surface area contributed by atoms with Gasteiger partial charge < -0.3 is 15.0 Å². The van der Waals surface area contributed by atoms with E-state index in [-0.39, 0.29) is 6.03 Å². The minimum atomic E-state index is -0.127. The Balaban J connectivity index is 1.87. The summed E-state index contributed by atoms with van der Waals surface area (Å²) in [6, 6.07) is 14.9. The molecule has 0 unspecified atom stereocenters. The topological polar surface area (TPSA) is 41.6 Å². The highest BCUT2D eigenvalue weighted by molar-refractivity contribution is 6.30. The van der Waals surface area contributed by atoms with Gasteiger partial charge in [-0.1, -0.05) is 35.9 Å². The molecule has 0 radical (unpaired) electrons. The summed E-state index contributed by atoms with van der Waals surface area (Å²) in [7, 11) is 3.39. The Hall–Kier alpha value is -2.20. The molecule has 0 aliphatic rings. The van der Waals surface area contributed by atoms with Crippen LogP contribution in [-0.4, -0.2) is 25.1 Å². The molecule has 1 N–H and O–H groups in total. The van der Waals surface area contributed by atoms with E-state index in [0.29, 0.717) is 18.1 Å². The zero-order valence-electron chi connectivity index (χ0n) is 12.7. The van der Waals surface area contributed by atoms with Gasteiger partial charge in [0, 0.05) is 25.2 Å². The maximum Gasteiger partial charge on any atom is 0.317 e. The predicted molar refractivity (Wildman–Crippen MR) is 88.1 cm³/mol. The second kappa shape index (κ2) is 7.71. The summed E-state index contributed by atoms with van der Waals surface area (Å²) in [6.45, 7) is 0.988. The number of carbonyl (C=O) groups is 1. The Bertz CT molecular complexity index is 629. The number of methoxy groups -OCH3 is 1. The fourth-order valence-corrected chi connectivity index (χ4v) is 2.16. The molecule has 2 amide bonds. The van der Waals surface area contributed by atoms with Crippen LogP contribution >= 0.6 is 11.6 Å². The highest BCUT2D eigenvalue weighted by Gasteiger charge is 2.09. The van der Waals surface area contributed by atoms with Crippen molar-refractivity contribution in [2.24, 2.45) is 0 Å². The fraction of sp³-hybridized carbons (Fsp3) is 0.235. The lowest BCUT2D eigenvalue weighted by atomic mass is 10.2. The number of halogens is 1. The third kappa shape index (κ3) is 4.67. The number of urea groups is 1. The number of nitrogens with zero attached hydrogens (tertiary/aromatic N) is 1. The quantitative estimate of drug-likeness (QED) is 0.913. The Morgan fingerprint density at radius 3 is 2.59 bits per heavy atom. The van der Waals surface area contributed by atoms with Crippen LogP contribution in [0, 0.1) is 0 Å². The minimum absolute atomic E-state index is 0.127. The molecule has 0 fully saturated rings. The maximum atomic E-state index is 12.1. The lowest BCUT2D eigenvalue weighted by molar-refractivity contribution is 0.206. The molecule has 0 heterocycles. The zero-order chi connectivity index (χ0) is 15.9. The van der Waals surface area contributed by atoms with Crippen molar-refractivity contribution in [3.8, 4) is 5.75 Å². The smallest absolute Gasteiger partial charge is 0.317 e. The summed E-state index contributed by atoms with van der Waals surface area (Å²) in [6.07, 6.45) is 0. The van der Waals surface area contributed by atoms with Crippen molar-refractivity contribution in [1.82, 2.24) is 10.2 Å². The molecule has 0 aliphatic heterocycles. The predicted octanol–water partition coefficient (Wildman–Crippen LogP) is 3.69. The molecule has 5 heteroatoms. The first kappa shape index (κ1) is 16.2. The summed E-state index contributed by atoms with van der Waals surface area (Å²) in [5.41, 5.74) is 2.02. The van der Waals surface area contributed by atoms with E-state index in [0.717, 1.165) is 16.9 Å². The van der Waals surface area contributed by atoms with Crippen molar-refractivity contribution in [2.45, 2.75) is 13.1 Å². The number of benzene rings is 2. The molecule has 2 aromatic carbocycles. The van der Waals surface area contributed by atoms with Gasteiger partial charge in [0.25, 0.3) is 0 Å². The van der Waals surface area contributed by atoms with Crippen LogP contribution in [0.3, 0.4) is 0 Å². The molecule has 0 aromatic heterocycles. The average Bonchev–Trinajstić information content (AvgIpc) is 2.54. The lowest BCUT2D eigenvalue weighted by Crippen LogP contribution is -2.36. The average molecular weight is 319 g/mol. The summed E-state index contributed by atoms with van der Waals surface area (Å²) in [5, 5.41) is 3.57. The van der Waals surface area contributed by atoms with Crippen molar-refractivity contribution in [1.29, 1.82) is 0 Å². The van der Waals surface area contributed by atoms with Crippen LogP contribution in [0.25, 0.3) is 0 Å². The number of rotatable bonds is 5. The van der Waals surface area contributed by atoms with E-state index in [2.05, 4.69) is 5.32 Å². The van der Waals surface area contributed by atoms with E-state index in [1.165, 1.54) is 0 Å².